The first-order chi connectivity index (χ1) is 5.91. The topological polar surface area (TPSA) is 0 Å². The smallest absolute Gasteiger partial charge is 0.166 e. The molecule has 0 saturated carbocycles. The van der Waals surface area contributed by atoms with E-state index in [0.29, 0.717) is 5.56 Å². The van der Waals surface area contributed by atoms with Crippen molar-refractivity contribution in [3.63, 3.8) is 0 Å². The Balaban J connectivity index is 3.01. The van der Waals surface area contributed by atoms with Crippen LogP contribution in [-0.2, 0) is 6.18 Å². The molecule has 0 bridgehead atoms. The molecule has 0 heterocycles. The number of rotatable bonds is 1. The van der Waals surface area contributed by atoms with Gasteiger partial charge in [-0.3, -0.25) is 0 Å². The molecule has 0 aliphatic carbocycles. The molecular weight excluding hydrogens is 201 g/mol. The molecule has 4 heteroatoms. The standard InChI is InChI=1S/C9H6ClF3/c1-6(10)7-2-4-8(5-3-7)9(11,12)13/h2-5H,1H2. The maximum absolute atomic E-state index is 12.1. The second-order valence-corrected chi connectivity index (χ2v) is 2.94. The molecule has 0 N–H and O–H groups in total. The molecular formula is C9H6ClF3. The molecule has 0 amide bonds. The summed E-state index contributed by atoms with van der Waals surface area (Å²) < 4.78 is 36.2. The number of hydrogen-bond donors (Lipinski definition) is 0. The normalized spacial score (nSPS) is 11.4. The highest BCUT2D eigenvalue weighted by atomic mass is 35.5. The van der Waals surface area contributed by atoms with Crippen molar-refractivity contribution in [2.45, 2.75) is 6.18 Å². The van der Waals surface area contributed by atoms with E-state index in [1.165, 1.54) is 12.1 Å². The van der Waals surface area contributed by atoms with Crippen LogP contribution in [0, 0.1) is 0 Å². The van der Waals surface area contributed by atoms with Gasteiger partial charge in [0.1, 0.15) is 0 Å². The van der Waals surface area contributed by atoms with E-state index in [-0.39, 0.29) is 5.03 Å². The number of halogens is 4. The second-order valence-electron chi connectivity index (χ2n) is 2.48. The maximum Gasteiger partial charge on any atom is 0.416 e. The average Bonchev–Trinajstić information content (AvgIpc) is 2.03. The fourth-order valence-corrected chi connectivity index (χ4v) is 0.966. The van der Waals surface area contributed by atoms with Crippen molar-refractivity contribution in [2.24, 2.45) is 0 Å². The maximum atomic E-state index is 12.1. The van der Waals surface area contributed by atoms with Gasteiger partial charge in [0.2, 0.25) is 0 Å². The quantitative estimate of drug-likeness (QED) is 0.654. The van der Waals surface area contributed by atoms with Crippen molar-refractivity contribution in [1.82, 2.24) is 0 Å². The molecule has 1 aromatic carbocycles. The van der Waals surface area contributed by atoms with Gasteiger partial charge < -0.3 is 0 Å². The molecule has 0 aliphatic rings. The molecule has 0 saturated heterocycles. The van der Waals surface area contributed by atoms with Gasteiger partial charge in [0.15, 0.2) is 0 Å². The van der Waals surface area contributed by atoms with Crippen LogP contribution >= 0.6 is 11.6 Å². The minimum atomic E-state index is -4.30. The van der Waals surface area contributed by atoms with Crippen LogP contribution < -0.4 is 0 Å². The Labute approximate surface area is 78.6 Å². The molecule has 0 aliphatic heterocycles. The minimum Gasteiger partial charge on any atom is -0.166 e. The molecule has 0 fully saturated rings. The van der Waals surface area contributed by atoms with Crippen LogP contribution in [0.5, 0.6) is 0 Å². The third-order valence-corrected chi connectivity index (χ3v) is 1.74. The number of benzene rings is 1. The zero-order valence-corrected chi connectivity index (χ0v) is 7.28. The first-order valence-corrected chi connectivity index (χ1v) is 3.81. The zero-order chi connectivity index (χ0) is 10.1. The lowest BCUT2D eigenvalue weighted by molar-refractivity contribution is -0.137. The third kappa shape index (κ3) is 2.49. The van der Waals surface area contributed by atoms with Crippen LogP contribution in [0.4, 0.5) is 13.2 Å². The zero-order valence-electron chi connectivity index (χ0n) is 6.53. The molecule has 0 atom stereocenters. The molecule has 1 aromatic rings. The molecule has 70 valence electrons. The summed E-state index contributed by atoms with van der Waals surface area (Å²) in [5.41, 5.74) is -0.191. The van der Waals surface area contributed by atoms with Crippen molar-refractivity contribution >= 4 is 16.6 Å². The van der Waals surface area contributed by atoms with Crippen LogP contribution in [0.1, 0.15) is 11.1 Å². The number of hydrogen-bond acceptors (Lipinski definition) is 0. The largest absolute Gasteiger partial charge is 0.416 e. The van der Waals surface area contributed by atoms with Crippen LogP contribution in [0.2, 0.25) is 0 Å². The van der Waals surface area contributed by atoms with Crippen molar-refractivity contribution in [1.29, 1.82) is 0 Å². The molecule has 0 aromatic heterocycles. The third-order valence-electron chi connectivity index (χ3n) is 1.53. The van der Waals surface area contributed by atoms with E-state index in [0.717, 1.165) is 12.1 Å². The molecule has 13 heavy (non-hydrogen) atoms. The summed E-state index contributed by atoms with van der Waals surface area (Å²) >= 11 is 5.49. The van der Waals surface area contributed by atoms with E-state index in [1.807, 2.05) is 0 Å². The van der Waals surface area contributed by atoms with Crippen molar-refractivity contribution in [2.75, 3.05) is 0 Å². The van der Waals surface area contributed by atoms with Crippen LogP contribution in [0.25, 0.3) is 5.03 Å². The predicted molar refractivity (Wildman–Crippen MR) is 46.3 cm³/mol. The highest BCUT2D eigenvalue weighted by Crippen LogP contribution is 2.30. The Morgan fingerprint density at radius 3 is 1.92 bits per heavy atom. The summed E-state index contributed by atoms with van der Waals surface area (Å²) in [6.45, 7) is 3.40. The Morgan fingerprint density at radius 2 is 1.62 bits per heavy atom. The lowest BCUT2D eigenvalue weighted by Crippen LogP contribution is -2.04. The molecule has 0 nitrogen and oxygen atoms in total. The fraction of sp³-hybridized carbons (Fsp3) is 0.111. The summed E-state index contributed by atoms with van der Waals surface area (Å²) in [7, 11) is 0. The van der Waals surface area contributed by atoms with E-state index in [1.54, 1.807) is 0 Å². The first-order valence-electron chi connectivity index (χ1n) is 3.43. The van der Waals surface area contributed by atoms with Gasteiger partial charge in [0.25, 0.3) is 0 Å². The van der Waals surface area contributed by atoms with Crippen molar-refractivity contribution in [3.8, 4) is 0 Å². The highest BCUT2D eigenvalue weighted by molar-refractivity contribution is 6.48. The van der Waals surface area contributed by atoms with Crippen LogP contribution in [0.3, 0.4) is 0 Å². The summed E-state index contributed by atoms with van der Waals surface area (Å²) in [6.07, 6.45) is -4.30. The SMILES string of the molecule is C=C(Cl)c1ccc(C(F)(F)F)cc1. The summed E-state index contributed by atoms with van der Waals surface area (Å²) in [4.78, 5) is 0. The second kappa shape index (κ2) is 3.42. The van der Waals surface area contributed by atoms with E-state index in [4.69, 9.17) is 11.6 Å². The van der Waals surface area contributed by atoms with Gasteiger partial charge in [0.05, 0.1) is 5.56 Å². The van der Waals surface area contributed by atoms with Gasteiger partial charge in [-0.2, -0.15) is 13.2 Å². The Morgan fingerprint density at radius 1 is 1.15 bits per heavy atom. The van der Waals surface area contributed by atoms with Crippen molar-refractivity contribution in [3.05, 3.63) is 42.0 Å². The first kappa shape index (κ1) is 10.1. The Bertz CT molecular complexity index is 311. The Hall–Kier alpha value is -0.960. The average molecular weight is 207 g/mol. The van der Waals surface area contributed by atoms with E-state index in [2.05, 4.69) is 6.58 Å². The molecule has 0 radical (unpaired) electrons. The minimum absolute atomic E-state index is 0.230. The van der Waals surface area contributed by atoms with E-state index >= 15 is 0 Å². The molecule has 0 spiro atoms. The summed E-state index contributed by atoms with van der Waals surface area (Å²) in [5.74, 6) is 0. The monoisotopic (exact) mass is 206 g/mol. The predicted octanol–water partition coefficient (Wildman–Crippen LogP) is 3.91. The van der Waals surface area contributed by atoms with Gasteiger partial charge in [-0.15, -0.1) is 0 Å². The van der Waals surface area contributed by atoms with Crippen LogP contribution in [0.15, 0.2) is 30.8 Å². The summed E-state index contributed by atoms with van der Waals surface area (Å²) in [6, 6.07) is 4.53. The molecule has 1 rings (SSSR count). The van der Waals surface area contributed by atoms with Gasteiger partial charge in [-0.1, -0.05) is 30.3 Å². The van der Waals surface area contributed by atoms with E-state index < -0.39 is 11.7 Å². The Kier molecular flexibility index (Phi) is 2.66. The van der Waals surface area contributed by atoms with Gasteiger partial charge in [-0.25, -0.2) is 0 Å². The molecule has 0 unspecified atom stereocenters. The van der Waals surface area contributed by atoms with E-state index in [9.17, 15) is 13.2 Å². The van der Waals surface area contributed by atoms with Crippen LogP contribution in [-0.4, -0.2) is 0 Å². The summed E-state index contributed by atoms with van der Waals surface area (Å²) in [5, 5.41) is 0.230. The lowest BCUT2D eigenvalue weighted by Gasteiger charge is -2.06. The van der Waals surface area contributed by atoms with Gasteiger partial charge in [0, 0.05) is 5.03 Å². The number of alkyl halides is 3. The van der Waals surface area contributed by atoms with Gasteiger partial charge >= 0.3 is 6.18 Å². The fourth-order valence-electron chi connectivity index (χ4n) is 0.840. The lowest BCUT2D eigenvalue weighted by atomic mass is 10.1. The van der Waals surface area contributed by atoms with Gasteiger partial charge in [-0.05, 0) is 17.7 Å². The highest BCUT2D eigenvalue weighted by Gasteiger charge is 2.29. The van der Waals surface area contributed by atoms with Crippen molar-refractivity contribution < 1.29 is 13.2 Å².